The molecule has 1 heterocycles. The lowest BCUT2D eigenvalue weighted by atomic mass is 10.2. The monoisotopic (exact) mass is 338 g/mol. The van der Waals surface area contributed by atoms with Crippen molar-refractivity contribution in [2.24, 2.45) is 0 Å². The Bertz CT molecular complexity index is 627. The molecule has 20 heavy (non-hydrogen) atoms. The fourth-order valence-electron chi connectivity index (χ4n) is 1.86. The third kappa shape index (κ3) is 3.05. The third-order valence-electron chi connectivity index (χ3n) is 3.17. The Labute approximate surface area is 125 Å². The lowest BCUT2D eigenvalue weighted by Crippen LogP contribution is -2.11. The van der Waals surface area contributed by atoms with E-state index in [2.05, 4.69) is 26.3 Å². The molecule has 0 amide bonds. The molecular weight excluding hydrogens is 324 g/mol. The van der Waals surface area contributed by atoms with Gasteiger partial charge in [-0.3, -0.25) is 14.8 Å². The lowest BCUT2D eigenvalue weighted by molar-refractivity contribution is -0.385. The first kappa shape index (κ1) is 14.7. The van der Waals surface area contributed by atoms with Crippen molar-refractivity contribution in [1.29, 1.82) is 0 Å². The van der Waals surface area contributed by atoms with E-state index >= 15 is 0 Å². The summed E-state index contributed by atoms with van der Waals surface area (Å²) in [6.07, 6.45) is 3.73. The highest BCUT2D eigenvalue weighted by Gasteiger charge is 2.15. The molecule has 0 saturated carbocycles. The van der Waals surface area contributed by atoms with E-state index in [0.717, 1.165) is 11.1 Å². The van der Waals surface area contributed by atoms with Crippen molar-refractivity contribution in [3.63, 3.8) is 0 Å². The van der Waals surface area contributed by atoms with Crippen LogP contribution in [-0.4, -0.2) is 21.8 Å². The van der Waals surface area contributed by atoms with Crippen LogP contribution >= 0.6 is 15.9 Å². The fraction of sp³-hybridized carbons (Fsp3) is 0.308. The average molecular weight is 339 g/mol. The minimum Gasteiger partial charge on any atom is -0.313 e. The van der Waals surface area contributed by atoms with E-state index in [9.17, 15) is 10.1 Å². The first-order valence-electron chi connectivity index (χ1n) is 6.14. The maximum absolute atomic E-state index is 10.9. The topological polar surface area (TPSA) is 73.0 Å². The van der Waals surface area contributed by atoms with Gasteiger partial charge in [0.2, 0.25) is 0 Å². The molecule has 1 atom stereocenters. The first-order valence-corrected chi connectivity index (χ1v) is 6.93. The van der Waals surface area contributed by atoms with Crippen LogP contribution in [0.5, 0.6) is 0 Å². The van der Waals surface area contributed by atoms with Crippen LogP contribution in [0.15, 0.2) is 35.1 Å². The third-order valence-corrected chi connectivity index (χ3v) is 4.09. The Balaban J connectivity index is 2.24. The van der Waals surface area contributed by atoms with Crippen molar-refractivity contribution in [2.45, 2.75) is 19.5 Å². The van der Waals surface area contributed by atoms with Crippen LogP contribution in [0.2, 0.25) is 0 Å². The predicted molar refractivity (Wildman–Crippen MR) is 79.6 cm³/mol. The zero-order chi connectivity index (χ0) is 14.7. The van der Waals surface area contributed by atoms with Gasteiger partial charge in [0.05, 0.1) is 17.7 Å². The summed E-state index contributed by atoms with van der Waals surface area (Å²) < 4.78 is 2.27. The van der Waals surface area contributed by atoms with Crippen LogP contribution < -0.4 is 5.32 Å². The normalized spacial score (nSPS) is 12.3. The molecule has 0 spiro atoms. The highest BCUT2D eigenvalue weighted by atomic mass is 79.9. The SMILES string of the molecule is CNC(C)c1cnn(Cc2cccc([N+](=O)[O-])c2Br)c1. The van der Waals surface area contributed by atoms with Crippen molar-refractivity contribution in [2.75, 3.05) is 7.05 Å². The summed E-state index contributed by atoms with van der Waals surface area (Å²) in [6, 6.07) is 5.22. The number of halogens is 1. The molecule has 1 unspecified atom stereocenters. The van der Waals surface area contributed by atoms with E-state index < -0.39 is 4.92 Å². The second-order valence-electron chi connectivity index (χ2n) is 4.49. The Morgan fingerprint density at radius 1 is 1.55 bits per heavy atom. The maximum Gasteiger partial charge on any atom is 0.283 e. The molecule has 0 bridgehead atoms. The van der Waals surface area contributed by atoms with E-state index in [1.54, 1.807) is 16.9 Å². The number of benzene rings is 1. The minimum atomic E-state index is -0.398. The summed E-state index contributed by atoms with van der Waals surface area (Å²) in [5.74, 6) is 0. The van der Waals surface area contributed by atoms with Crippen LogP contribution in [0.1, 0.15) is 24.1 Å². The summed E-state index contributed by atoms with van der Waals surface area (Å²) in [7, 11) is 1.89. The van der Waals surface area contributed by atoms with Gasteiger partial charge in [0.1, 0.15) is 4.47 Å². The second kappa shape index (κ2) is 6.15. The summed E-state index contributed by atoms with van der Waals surface area (Å²) in [4.78, 5) is 10.5. The second-order valence-corrected chi connectivity index (χ2v) is 5.28. The van der Waals surface area contributed by atoms with Crippen molar-refractivity contribution in [3.8, 4) is 0 Å². The number of nitrogens with zero attached hydrogens (tertiary/aromatic N) is 3. The molecule has 2 aromatic rings. The molecular formula is C13H15BrN4O2. The molecule has 1 aromatic carbocycles. The van der Waals surface area contributed by atoms with Crippen LogP contribution in [0.4, 0.5) is 5.69 Å². The number of rotatable bonds is 5. The van der Waals surface area contributed by atoms with Crippen molar-refractivity contribution >= 4 is 21.6 Å². The van der Waals surface area contributed by atoms with Crippen molar-refractivity contribution < 1.29 is 4.92 Å². The molecule has 0 aliphatic heterocycles. The summed E-state index contributed by atoms with van der Waals surface area (Å²) in [5, 5.41) is 18.3. The molecule has 1 N–H and O–H groups in total. The molecule has 1 aromatic heterocycles. The maximum atomic E-state index is 10.9. The fourth-order valence-corrected chi connectivity index (χ4v) is 2.39. The van der Waals surface area contributed by atoms with Crippen molar-refractivity contribution in [3.05, 3.63) is 56.3 Å². The van der Waals surface area contributed by atoms with Gasteiger partial charge < -0.3 is 5.32 Å². The van der Waals surface area contributed by atoms with Gasteiger partial charge in [0.15, 0.2) is 0 Å². The minimum absolute atomic E-state index is 0.0680. The lowest BCUT2D eigenvalue weighted by Gasteiger charge is -2.07. The number of nitrogens with one attached hydrogen (secondary N) is 1. The molecule has 6 nitrogen and oxygen atoms in total. The van der Waals surface area contributed by atoms with Gasteiger partial charge in [-0.15, -0.1) is 0 Å². The van der Waals surface area contributed by atoms with Crippen molar-refractivity contribution in [1.82, 2.24) is 15.1 Å². The number of hydrogen-bond donors (Lipinski definition) is 1. The van der Waals surface area contributed by atoms with Gasteiger partial charge in [0.25, 0.3) is 5.69 Å². The van der Waals surface area contributed by atoms with Gasteiger partial charge >= 0.3 is 0 Å². The molecule has 7 heteroatoms. The summed E-state index contributed by atoms with van der Waals surface area (Å²) in [6.45, 7) is 2.53. The van der Waals surface area contributed by atoms with E-state index in [1.807, 2.05) is 26.2 Å². The molecule has 0 saturated heterocycles. The highest BCUT2D eigenvalue weighted by Crippen LogP contribution is 2.28. The summed E-state index contributed by atoms with van der Waals surface area (Å²) in [5.41, 5.74) is 1.97. The molecule has 106 valence electrons. The van der Waals surface area contributed by atoms with E-state index in [-0.39, 0.29) is 11.7 Å². The van der Waals surface area contributed by atoms with E-state index in [1.165, 1.54) is 6.07 Å². The van der Waals surface area contributed by atoms with E-state index in [4.69, 9.17) is 0 Å². The Morgan fingerprint density at radius 3 is 2.95 bits per heavy atom. The number of nitro benzene ring substituents is 1. The van der Waals surface area contributed by atoms with Crippen LogP contribution in [0.25, 0.3) is 0 Å². The van der Waals surface area contributed by atoms with Gasteiger partial charge in [-0.1, -0.05) is 12.1 Å². The van der Waals surface area contributed by atoms with Gasteiger partial charge in [-0.05, 0) is 35.5 Å². The first-order chi connectivity index (χ1) is 9.52. The predicted octanol–water partition coefficient (Wildman–Crippen LogP) is 2.88. The summed E-state index contributed by atoms with van der Waals surface area (Å²) >= 11 is 3.29. The molecule has 0 fully saturated rings. The zero-order valence-corrected chi connectivity index (χ0v) is 12.8. The van der Waals surface area contributed by atoms with Gasteiger partial charge in [-0.25, -0.2) is 0 Å². The highest BCUT2D eigenvalue weighted by molar-refractivity contribution is 9.10. The Kier molecular flexibility index (Phi) is 4.51. The zero-order valence-electron chi connectivity index (χ0n) is 11.2. The van der Waals surface area contributed by atoms with Gasteiger partial charge in [0, 0.05) is 23.9 Å². The Morgan fingerprint density at radius 2 is 2.30 bits per heavy atom. The smallest absolute Gasteiger partial charge is 0.283 e. The van der Waals surface area contributed by atoms with Crippen LogP contribution in [-0.2, 0) is 6.54 Å². The average Bonchev–Trinajstić information content (AvgIpc) is 2.88. The number of aromatic nitrogens is 2. The van der Waals surface area contributed by atoms with Crippen LogP contribution in [0, 0.1) is 10.1 Å². The quantitative estimate of drug-likeness (QED) is 0.672. The van der Waals surface area contributed by atoms with Gasteiger partial charge in [-0.2, -0.15) is 5.10 Å². The largest absolute Gasteiger partial charge is 0.313 e. The van der Waals surface area contributed by atoms with Crippen LogP contribution in [0.3, 0.4) is 0 Å². The standard InChI is InChI=1S/C13H15BrN4O2/c1-9(15-2)11-6-16-17(8-11)7-10-4-3-5-12(13(10)14)18(19)20/h3-6,8-9,15H,7H2,1-2H3. The number of hydrogen-bond acceptors (Lipinski definition) is 4. The van der Waals surface area contributed by atoms with E-state index in [0.29, 0.717) is 11.0 Å². The molecule has 0 aliphatic carbocycles. The number of nitro groups is 1. The molecule has 0 radical (unpaired) electrons. The molecule has 0 aliphatic rings. The molecule has 2 rings (SSSR count). The Hall–Kier alpha value is -1.73.